The third kappa shape index (κ3) is 3.09. The number of nitrogens with zero attached hydrogens (tertiary/aromatic N) is 2. The van der Waals surface area contributed by atoms with Crippen LogP contribution in [0.2, 0.25) is 0 Å². The molecule has 2 aromatic rings. The van der Waals surface area contributed by atoms with Crippen molar-refractivity contribution in [3.05, 3.63) is 36.2 Å². The van der Waals surface area contributed by atoms with Crippen molar-refractivity contribution in [3.63, 3.8) is 0 Å². The molecule has 0 fully saturated rings. The number of aromatic nitrogens is 2. The highest BCUT2D eigenvalue weighted by molar-refractivity contribution is 5.53. The van der Waals surface area contributed by atoms with Crippen molar-refractivity contribution in [3.8, 4) is 0 Å². The molecule has 0 aliphatic heterocycles. The van der Waals surface area contributed by atoms with Crippen molar-refractivity contribution >= 4 is 5.52 Å². The van der Waals surface area contributed by atoms with Gasteiger partial charge in [-0.25, -0.2) is 4.52 Å². The molecule has 18 heavy (non-hydrogen) atoms. The number of nitrogens with one attached hydrogen (secondary N) is 1. The molecule has 2 N–H and O–H groups in total. The number of hydrogen-bond acceptors (Lipinski definition) is 3. The van der Waals surface area contributed by atoms with Gasteiger partial charge < -0.3 is 10.4 Å². The van der Waals surface area contributed by atoms with Gasteiger partial charge in [-0.05, 0) is 31.0 Å². The minimum absolute atomic E-state index is 0.275. The van der Waals surface area contributed by atoms with Gasteiger partial charge in [0, 0.05) is 24.9 Å². The Morgan fingerprint density at radius 3 is 3.11 bits per heavy atom. The van der Waals surface area contributed by atoms with Crippen LogP contribution in [0, 0.1) is 5.92 Å². The van der Waals surface area contributed by atoms with Gasteiger partial charge in [0.1, 0.15) is 0 Å². The molecule has 2 aromatic heterocycles. The van der Waals surface area contributed by atoms with Crippen LogP contribution in [-0.2, 0) is 6.54 Å². The molecule has 0 bridgehead atoms. The Balaban J connectivity index is 1.90. The fraction of sp³-hybridized carbons (Fsp3) is 0.500. The zero-order valence-electron chi connectivity index (χ0n) is 10.8. The molecule has 0 aliphatic carbocycles. The van der Waals surface area contributed by atoms with Gasteiger partial charge in [0.25, 0.3) is 0 Å². The van der Waals surface area contributed by atoms with E-state index in [1.54, 1.807) is 0 Å². The van der Waals surface area contributed by atoms with Crippen molar-refractivity contribution in [2.24, 2.45) is 5.92 Å². The molecule has 0 radical (unpaired) electrons. The van der Waals surface area contributed by atoms with E-state index in [-0.39, 0.29) is 6.61 Å². The lowest BCUT2D eigenvalue weighted by Gasteiger charge is -2.13. The molecule has 0 saturated carbocycles. The van der Waals surface area contributed by atoms with Crippen LogP contribution in [0.3, 0.4) is 0 Å². The second-order valence-corrected chi connectivity index (χ2v) is 4.62. The van der Waals surface area contributed by atoms with Crippen LogP contribution < -0.4 is 5.32 Å². The van der Waals surface area contributed by atoms with Crippen molar-refractivity contribution in [2.45, 2.75) is 26.3 Å². The molecule has 2 heterocycles. The Hall–Kier alpha value is -1.39. The number of hydrogen-bond donors (Lipinski definition) is 2. The van der Waals surface area contributed by atoms with E-state index in [0.29, 0.717) is 5.92 Å². The van der Waals surface area contributed by atoms with Crippen molar-refractivity contribution in [1.82, 2.24) is 14.9 Å². The monoisotopic (exact) mass is 247 g/mol. The lowest BCUT2D eigenvalue weighted by Crippen LogP contribution is -2.22. The van der Waals surface area contributed by atoms with Crippen LogP contribution in [0.25, 0.3) is 5.52 Å². The van der Waals surface area contributed by atoms with Gasteiger partial charge in [-0.3, -0.25) is 0 Å². The SMILES string of the molecule is CCC(CCO)CNCc1cnn2ccccc12. The molecule has 0 amide bonds. The van der Waals surface area contributed by atoms with E-state index < -0.39 is 0 Å². The maximum Gasteiger partial charge on any atom is 0.0706 e. The Labute approximate surface area is 108 Å². The van der Waals surface area contributed by atoms with Gasteiger partial charge in [-0.15, -0.1) is 0 Å². The molecule has 1 unspecified atom stereocenters. The van der Waals surface area contributed by atoms with Gasteiger partial charge in [0.05, 0.1) is 11.7 Å². The zero-order valence-corrected chi connectivity index (χ0v) is 10.8. The fourth-order valence-electron chi connectivity index (χ4n) is 2.17. The van der Waals surface area contributed by atoms with Gasteiger partial charge in [0.2, 0.25) is 0 Å². The number of aliphatic hydroxyl groups is 1. The van der Waals surface area contributed by atoms with E-state index in [1.165, 1.54) is 5.56 Å². The van der Waals surface area contributed by atoms with E-state index in [2.05, 4.69) is 23.4 Å². The van der Waals surface area contributed by atoms with E-state index in [0.717, 1.165) is 31.4 Å². The Bertz CT molecular complexity index is 481. The normalized spacial score (nSPS) is 13.0. The van der Waals surface area contributed by atoms with Gasteiger partial charge in [-0.1, -0.05) is 19.4 Å². The second-order valence-electron chi connectivity index (χ2n) is 4.62. The van der Waals surface area contributed by atoms with Crippen LogP contribution >= 0.6 is 0 Å². The summed E-state index contributed by atoms with van der Waals surface area (Å²) in [5.41, 5.74) is 2.37. The van der Waals surface area contributed by atoms with Crippen LogP contribution in [-0.4, -0.2) is 27.9 Å². The average molecular weight is 247 g/mol. The number of fused-ring (bicyclic) bond motifs is 1. The van der Waals surface area contributed by atoms with E-state index >= 15 is 0 Å². The first-order valence-electron chi connectivity index (χ1n) is 6.58. The Kier molecular flexibility index (Phi) is 4.73. The van der Waals surface area contributed by atoms with Crippen molar-refractivity contribution < 1.29 is 5.11 Å². The molecular weight excluding hydrogens is 226 g/mol. The molecule has 1 atom stereocenters. The summed E-state index contributed by atoms with van der Waals surface area (Å²) in [7, 11) is 0. The Morgan fingerprint density at radius 1 is 1.44 bits per heavy atom. The lowest BCUT2D eigenvalue weighted by molar-refractivity contribution is 0.251. The van der Waals surface area contributed by atoms with Crippen LogP contribution in [0.5, 0.6) is 0 Å². The molecule has 98 valence electrons. The van der Waals surface area contributed by atoms with E-state index in [4.69, 9.17) is 5.11 Å². The summed E-state index contributed by atoms with van der Waals surface area (Å²) in [6.45, 7) is 4.21. The predicted octanol–water partition coefficient (Wildman–Crippen LogP) is 1.83. The largest absolute Gasteiger partial charge is 0.396 e. The van der Waals surface area contributed by atoms with Crippen molar-refractivity contribution in [1.29, 1.82) is 0 Å². The second kappa shape index (κ2) is 6.52. The number of aliphatic hydroxyl groups excluding tert-OH is 1. The maximum atomic E-state index is 8.95. The molecule has 2 rings (SSSR count). The Morgan fingerprint density at radius 2 is 2.33 bits per heavy atom. The molecule has 0 saturated heterocycles. The standard InChI is InChI=1S/C14H21N3O/c1-2-12(6-8-18)9-15-10-13-11-16-17-7-4-3-5-14(13)17/h3-5,7,11-12,15,18H,2,6,8-10H2,1H3. The maximum absolute atomic E-state index is 8.95. The van der Waals surface area contributed by atoms with Gasteiger partial charge in [0.15, 0.2) is 0 Å². The highest BCUT2D eigenvalue weighted by atomic mass is 16.3. The number of rotatable bonds is 7. The lowest BCUT2D eigenvalue weighted by atomic mass is 10.0. The molecule has 4 heteroatoms. The summed E-state index contributed by atoms with van der Waals surface area (Å²) in [5.74, 6) is 0.553. The molecule has 4 nitrogen and oxygen atoms in total. The highest BCUT2D eigenvalue weighted by Crippen LogP contribution is 2.10. The first kappa shape index (κ1) is 13.1. The highest BCUT2D eigenvalue weighted by Gasteiger charge is 2.06. The quantitative estimate of drug-likeness (QED) is 0.785. The zero-order chi connectivity index (χ0) is 12.8. The third-order valence-electron chi connectivity index (χ3n) is 3.37. The van der Waals surface area contributed by atoms with Crippen molar-refractivity contribution in [2.75, 3.05) is 13.2 Å². The van der Waals surface area contributed by atoms with Gasteiger partial charge >= 0.3 is 0 Å². The smallest absolute Gasteiger partial charge is 0.0706 e. The van der Waals surface area contributed by atoms with Gasteiger partial charge in [-0.2, -0.15) is 5.10 Å². The first-order valence-corrected chi connectivity index (χ1v) is 6.58. The topological polar surface area (TPSA) is 49.6 Å². The van der Waals surface area contributed by atoms with E-state index in [1.807, 2.05) is 29.0 Å². The summed E-state index contributed by atoms with van der Waals surface area (Å²) in [4.78, 5) is 0. The molecule has 0 aromatic carbocycles. The third-order valence-corrected chi connectivity index (χ3v) is 3.37. The summed E-state index contributed by atoms with van der Waals surface area (Å²) in [5, 5.41) is 16.7. The predicted molar refractivity (Wildman–Crippen MR) is 72.4 cm³/mol. The van der Waals surface area contributed by atoms with E-state index in [9.17, 15) is 0 Å². The summed E-state index contributed by atoms with van der Waals surface area (Å²) >= 11 is 0. The average Bonchev–Trinajstić information content (AvgIpc) is 2.81. The van der Waals surface area contributed by atoms with Crippen LogP contribution in [0.4, 0.5) is 0 Å². The summed E-state index contributed by atoms with van der Waals surface area (Å²) in [6.07, 6.45) is 5.84. The summed E-state index contributed by atoms with van der Waals surface area (Å²) in [6, 6.07) is 6.09. The molecule has 0 aliphatic rings. The minimum Gasteiger partial charge on any atom is -0.396 e. The van der Waals surface area contributed by atoms with Crippen LogP contribution in [0.15, 0.2) is 30.6 Å². The molecule has 0 spiro atoms. The minimum atomic E-state index is 0.275. The summed E-state index contributed by atoms with van der Waals surface area (Å²) < 4.78 is 1.89. The van der Waals surface area contributed by atoms with Crippen LogP contribution in [0.1, 0.15) is 25.3 Å². The fourth-order valence-corrected chi connectivity index (χ4v) is 2.17. The molecular formula is C14H21N3O. The number of pyridine rings is 1. The first-order chi connectivity index (χ1) is 8.85.